The molecule has 140 valence electrons. The van der Waals surface area contributed by atoms with Gasteiger partial charge in [-0.1, -0.05) is 12.1 Å². The molecule has 1 N–H and O–H groups in total. The van der Waals surface area contributed by atoms with Gasteiger partial charge in [-0.3, -0.25) is 4.68 Å². The predicted molar refractivity (Wildman–Crippen MR) is 101 cm³/mol. The first-order valence-corrected chi connectivity index (χ1v) is 9.51. The number of carbonyl (C=O) groups excluding carboxylic acids is 1. The van der Waals surface area contributed by atoms with Gasteiger partial charge in [-0.15, -0.1) is 0 Å². The number of amides is 1. The molecule has 0 spiro atoms. The van der Waals surface area contributed by atoms with E-state index in [9.17, 15) is 4.79 Å². The first-order valence-electron chi connectivity index (χ1n) is 9.51. The molecule has 26 heavy (non-hydrogen) atoms. The molecule has 6 nitrogen and oxygen atoms in total. The van der Waals surface area contributed by atoms with Crippen molar-refractivity contribution in [1.29, 1.82) is 0 Å². The lowest BCUT2D eigenvalue weighted by Crippen LogP contribution is -2.35. The van der Waals surface area contributed by atoms with Crippen LogP contribution in [0.25, 0.3) is 10.9 Å². The van der Waals surface area contributed by atoms with E-state index in [0.717, 1.165) is 31.6 Å². The molecule has 0 aliphatic carbocycles. The Morgan fingerprint density at radius 1 is 1.35 bits per heavy atom. The van der Waals surface area contributed by atoms with Crippen molar-refractivity contribution in [3.05, 3.63) is 29.5 Å². The molecular formula is C20H28N4O2. The normalized spacial score (nSPS) is 23.3. The Labute approximate surface area is 154 Å². The summed E-state index contributed by atoms with van der Waals surface area (Å²) < 4.78 is 7.67. The Kier molecular flexibility index (Phi) is 4.18. The lowest BCUT2D eigenvalue weighted by molar-refractivity contribution is 0.0292. The number of hydrogen-bond donors (Lipinski definition) is 1. The summed E-state index contributed by atoms with van der Waals surface area (Å²) in [7, 11) is 0. The fourth-order valence-corrected chi connectivity index (χ4v) is 3.98. The number of likely N-dealkylation sites (tertiary alicyclic amines) is 1. The molecule has 0 radical (unpaired) electrons. The quantitative estimate of drug-likeness (QED) is 0.850. The van der Waals surface area contributed by atoms with Crippen LogP contribution in [0.3, 0.4) is 0 Å². The minimum absolute atomic E-state index is 0.210. The molecule has 2 aliphatic rings. The molecule has 1 amide bonds. The molecule has 0 saturated carbocycles. The predicted octanol–water partition coefficient (Wildman–Crippen LogP) is 3.42. The Balaban J connectivity index is 1.54. The summed E-state index contributed by atoms with van der Waals surface area (Å²) in [4.78, 5) is 14.1. The van der Waals surface area contributed by atoms with Gasteiger partial charge in [0, 0.05) is 37.5 Å². The Bertz CT molecular complexity index is 836. The summed E-state index contributed by atoms with van der Waals surface area (Å²) in [5, 5.41) is 9.53. The number of aromatic nitrogens is 2. The highest BCUT2D eigenvalue weighted by Gasteiger charge is 2.31. The second kappa shape index (κ2) is 6.27. The highest BCUT2D eigenvalue weighted by Crippen LogP contribution is 2.32. The van der Waals surface area contributed by atoms with E-state index in [1.165, 1.54) is 16.6 Å². The summed E-state index contributed by atoms with van der Waals surface area (Å²) in [6.07, 6.45) is 0.759. The summed E-state index contributed by atoms with van der Waals surface area (Å²) in [6, 6.07) is 6.98. The van der Waals surface area contributed by atoms with E-state index in [0.29, 0.717) is 18.5 Å². The van der Waals surface area contributed by atoms with Crippen molar-refractivity contribution < 1.29 is 9.53 Å². The second-order valence-corrected chi connectivity index (χ2v) is 8.56. The minimum Gasteiger partial charge on any atom is -0.444 e. The van der Waals surface area contributed by atoms with Crippen LogP contribution in [-0.4, -0.2) is 46.0 Å². The lowest BCUT2D eigenvalue weighted by Gasteiger charge is -2.24. The molecule has 4 rings (SSSR count). The first-order chi connectivity index (χ1) is 12.3. The van der Waals surface area contributed by atoms with Gasteiger partial charge in [0.15, 0.2) is 0 Å². The van der Waals surface area contributed by atoms with Crippen LogP contribution in [0.1, 0.15) is 57.3 Å². The number of nitrogens with zero attached hydrogens (tertiary/aromatic N) is 3. The number of fused-ring (bicyclic) bond motifs is 3. The average molecular weight is 356 g/mol. The van der Waals surface area contributed by atoms with Gasteiger partial charge in [-0.25, -0.2) is 4.79 Å². The van der Waals surface area contributed by atoms with Crippen molar-refractivity contribution in [2.24, 2.45) is 0 Å². The molecule has 2 aromatic rings. The smallest absolute Gasteiger partial charge is 0.410 e. The monoisotopic (exact) mass is 356 g/mol. The first kappa shape index (κ1) is 17.3. The van der Waals surface area contributed by atoms with Crippen LogP contribution in [0.4, 0.5) is 4.79 Å². The fraction of sp³-hybridized carbons (Fsp3) is 0.600. The molecule has 1 fully saturated rings. The van der Waals surface area contributed by atoms with Crippen LogP contribution in [0.15, 0.2) is 18.2 Å². The maximum Gasteiger partial charge on any atom is 0.410 e. The Hall–Kier alpha value is -2.08. The largest absolute Gasteiger partial charge is 0.444 e. The van der Waals surface area contributed by atoms with E-state index in [-0.39, 0.29) is 6.09 Å². The molecule has 2 atom stereocenters. The maximum absolute atomic E-state index is 12.3. The highest BCUT2D eigenvalue weighted by atomic mass is 16.6. The van der Waals surface area contributed by atoms with Gasteiger partial charge in [0.2, 0.25) is 0 Å². The van der Waals surface area contributed by atoms with Gasteiger partial charge in [0.25, 0.3) is 0 Å². The topological polar surface area (TPSA) is 59.4 Å². The molecule has 1 aromatic carbocycles. The number of rotatable bonds is 1. The Morgan fingerprint density at radius 3 is 2.92 bits per heavy atom. The van der Waals surface area contributed by atoms with Crippen molar-refractivity contribution in [2.45, 2.75) is 58.2 Å². The number of benzene rings is 1. The zero-order chi connectivity index (χ0) is 18.5. The SMILES string of the molecule is C[C@@H]1CNCc2c3ccc(C4CCN(C(=O)OC(C)(C)C)C4)cc3nn21. The molecule has 6 heteroatoms. The second-order valence-electron chi connectivity index (χ2n) is 8.56. The van der Waals surface area contributed by atoms with Crippen molar-refractivity contribution in [3.8, 4) is 0 Å². The maximum atomic E-state index is 12.3. The van der Waals surface area contributed by atoms with Crippen molar-refractivity contribution in [2.75, 3.05) is 19.6 Å². The zero-order valence-corrected chi connectivity index (χ0v) is 16.1. The molecular weight excluding hydrogens is 328 g/mol. The molecule has 1 unspecified atom stereocenters. The van der Waals surface area contributed by atoms with E-state index in [2.05, 4.69) is 35.1 Å². The van der Waals surface area contributed by atoms with Crippen molar-refractivity contribution in [1.82, 2.24) is 20.0 Å². The average Bonchev–Trinajstić information content (AvgIpc) is 3.18. The molecule has 3 heterocycles. The summed E-state index contributed by atoms with van der Waals surface area (Å²) >= 11 is 0. The molecule has 2 aliphatic heterocycles. The van der Waals surface area contributed by atoms with Crippen LogP contribution in [-0.2, 0) is 11.3 Å². The standard InChI is InChI=1S/C20H28N4O2/c1-13-10-21-11-18-16-6-5-14(9-17(16)22-24(13)18)15-7-8-23(12-15)19(25)26-20(2,3)4/h5-6,9,13,15,21H,7-8,10-12H2,1-4H3/t13-,15?/m1/s1. The minimum atomic E-state index is -0.450. The van der Waals surface area contributed by atoms with Gasteiger partial charge < -0.3 is 15.0 Å². The van der Waals surface area contributed by atoms with E-state index in [1.54, 1.807) is 0 Å². The van der Waals surface area contributed by atoms with Crippen LogP contribution < -0.4 is 5.32 Å². The number of nitrogens with one attached hydrogen (secondary N) is 1. The van der Waals surface area contributed by atoms with Gasteiger partial charge in [-0.05, 0) is 45.7 Å². The fourth-order valence-electron chi connectivity index (χ4n) is 3.98. The van der Waals surface area contributed by atoms with Gasteiger partial charge in [0.1, 0.15) is 5.60 Å². The van der Waals surface area contributed by atoms with Crippen LogP contribution in [0.2, 0.25) is 0 Å². The van der Waals surface area contributed by atoms with Crippen LogP contribution >= 0.6 is 0 Å². The molecule has 1 aromatic heterocycles. The van der Waals surface area contributed by atoms with Gasteiger partial charge in [-0.2, -0.15) is 5.10 Å². The van der Waals surface area contributed by atoms with E-state index in [1.807, 2.05) is 25.7 Å². The van der Waals surface area contributed by atoms with Crippen molar-refractivity contribution >= 4 is 17.0 Å². The van der Waals surface area contributed by atoms with Crippen molar-refractivity contribution in [3.63, 3.8) is 0 Å². The van der Waals surface area contributed by atoms with Crippen LogP contribution in [0, 0.1) is 0 Å². The third-order valence-electron chi connectivity index (χ3n) is 5.29. The zero-order valence-electron chi connectivity index (χ0n) is 16.1. The Morgan fingerprint density at radius 2 is 2.15 bits per heavy atom. The number of carbonyl (C=O) groups is 1. The lowest BCUT2D eigenvalue weighted by atomic mass is 9.97. The van der Waals surface area contributed by atoms with Gasteiger partial charge in [0.05, 0.1) is 17.3 Å². The summed E-state index contributed by atoms with van der Waals surface area (Å²) in [5.41, 5.74) is 3.14. The van der Waals surface area contributed by atoms with E-state index < -0.39 is 5.60 Å². The summed E-state index contributed by atoms with van der Waals surface area (Å²) in [6.45, 7) is 11.2. The van der Waals surface area contributed by atoms with E-state index >= 15 is 0 Å². The number of ether oxygens (including phenoxy) is 1. The third-order valence-corrected chi connectivity index (χ3v) is 5.29. The summed E-state index contributed by atoms with van der Waals surface area (Å²) in [5.74, 6) is 0.348. The molecule has 0 bridgehead atoms. The van der Waals surface area contributed by atoms with Gasteiger partial charge >= 0.3 is 6.09 Å². The highest BCUT2D eigenvalue weighted by molar-refractivity contribution is 5.82. The van der Waals surface area contributed by atoms with Crippen LogP contribution in [0.5, 0.6) is 0 Å². The molecule has 1 saturated heterocycles. The third kappa shape index (κ3) is 3.18. The van der Waals surface area contributed by atoms with E-state index in [4.69, 9.17) is 9.84 Å². The number of hydrogen-bond acceptors (Lipinski definition) is 4.